The monoisotopic (exact) mass is 263 g/mol. The second-order valence-electron chi connectivity index (χ2n) is 2.67. The summed E-state index contributed by atoms with van der Waals surface area (Å²) in [6.07, 6.45) is 1.01. The minimum absolute atomic E-state index is 0.795. The van der Waals surface area contributed by atoms with E-state index in [1.807, 2.05) is 7.05 Å². The Morgan fingerprint density at radius 3 is 2.92 bits per heavy atom. The minimum atomic E-state index is 0.795. The van der Waals surface area contributed by atoms with Crippen LogP contribution in [0.3, 0.4) is 0 Å². The maximum atomic E-state index is 5.42. The highest BCUT2D eigenvalue weighted by Gasteiger charge is 1.96. The van der Waals surface area contributed by atoms with E-state index in [0.29, 0.717) is 0 Å². The summed E-state index contributed by atoms with van der Waals surface area (Å²) in [5.41, 5.74) is 0. The Bertz CT molecular complexity index is 239. The summed E-state index contributed by atoms with van der Waals surface area (Å²) in [6, 6.07) is 4.21. The van der Waals surface area contributed by atoms with Gasteiger partial charge in [-0.25, -0.2) is 0 Å². The van der Waals surface area contributed by atoms with Crippen molar-refractivity contribution in [3.8, 4) is 0 Å². The molecule has 1 aromatic heterocycles. The van der Waals surface area contributed by atoms with Crippen molar-refractivity contribution in [1.82, 2.24) is 5.32 Å². The first-order valence-electron chi connectivity index (χ1n) is 4.29. The second kappa shape index (κ2) is 6.54. The fraction of sp³-hybridized carbons (Fsp3) is 0.556. The molecule has 2 nitrogen and oxygen atoms in total. The Morgan fingerprint density at radius 1 is 1.46 bits per heavy atom. The van der Waals surface area contributed by atoms with Crippen molar-refractivity contribution in [2.45, 2.75) is 6.42 Å². The molecule has 74 valence electrons. The summed E-state index contributed by atoms with van der Waals surface area (Å²) < 4.78 is 6.61. The van der Waals surface area contributed by atoms with Gasteiger partial charge in [0.2, 0.25) is 0 Å². The lowest BCUT2D eigenvalue weighted by Gasteiger charge is -2.01. The van der Waals surface area contributed by atoms with E-state index in [1.165, 1.54) is 8.66 Å². The molecule has 0 spiro atoms. The Hall–Kier alpha value is 0.1000. The number of hydrogen-bond acceptors (Lipinski definition) is 3. The van der Waals surface area contributed by atoms with Crippen LogP contribution < -0.4 is 5.32 Å². The van der Waals surface area contributed by atoms with E-state index in [1.54, 1.807) is 11.3 Å². The van der Waals surface area contributed by atoms with Crippen LogP contribution in [0.1, 0.15) is 4.88 Å². The SMILES string of the molecule is CNCCOCCc1ccc(Br)s1. The van der Waals surface area contributed by atoms with E-state index < -0.39 is 0 Å². The lowest BCUT2D eigenvalue weighted by molar-refractivity contribution is 0.141. The molecule has 0 saturated carbocycles. The highest BCUT2D eigenvalue weighted by atomic mass is 79.9. The van der Waals surface area contributed by atoms with Crippen LogP contribution in [0.25, 0.3) is 0 Å². The van der Waals surface area contributed by atoms with Gasteiger partial charge in [-0.1, -0.05) is 0 Å². The molecular weight excluding hydrogens is 250 g/mol. The van der Waals surface area contributed by atoms with E-state index in [-0.39, 0.29) is 0 Å². The fourth-order valence-electron chi connectivity index (χ4n) is 0.935. The summed E-state index contributed by atoms with van der Waals surface area (Å²) in [5, 5.41) is 3.04. The third-order valence-electron chi connectivity index (χ3n) is 1.62. The smallest absolute Gasteiger partial charge is 0.0701 e. The van der Waals surface area contributed by atoms with Crippen molar-refractivity contribution in [2.75, 3.05) is 26.8 Å². The number of rotatable bonds is 6. The highest BCUT2D eigenvalue weighted by molar-refractivity contribution is 9.11. The number of hydrogen-bond donors (Lipinski definition) is 1. The average molecular weight is 264 g/mol. The van der Waals surface area contributed by atoms with Crippen LogP contribution in [0.5, 0.6) is 0 Å². The topological polar surface area (TPSA) is 21.3 Å². The zero-order valence-corrected chi connectivity index (χ0v) is 10.1. The van der Waals surface area contributed by atoms with Gasteiger partial charge < -0.3 is 10.1 Å². The molecule has 4 heteroatoms. The van der Waals surface area contributed by atoms with Gasteiger partial charge in [0.15, 0.2) is 0 Å². The number of thiophene rings is 1. The van der Waals surface area contributed by atoms with Crippen molar-refractivity contribution >= 4 is 27.3 Å². The molecule has 1 rings (SSSR count). The highest BCUT2D eigenvalue weighted by Crippen LogP contribution is 2.22. The van der Waals surface area contributed by atoms with Crippen LogP contribution >= 0.6 is 27.3 Å². The average Bonchev–Trinajstić information content (AvgIpc) is 2.51. The standard InChI is InChI=1S/C9H14BrNOS/c1-11-5-7-12-6-4-8-2-3-9(10)13-8/h2-3,11H,4-7H2,1H3. The summed E-state index contributed by atoms with van der Waals surface area (Å²) in [7, 11) is 1.93. The van der Waals surface area contributed by atoms with Crippen LogP contribution in [0.15, 0.2) is 15.9 Å². The van der Waals surface area contributed by atoms with Gasteiger partial charge in [-0.15, -0.1) is 11.3 Å². The Kier molecular flexibility index (Phi) is 5.62. The van der Waals surface area contributed by atoms with Crippen LogP contribution in [0.2, 0.25) is 0 Å². The Morgan fingerprint density at radius 2 is 2.31 bits per heavy atom. The quantitative estimate of drug-likeness (QED) is 0.796. The van der Waals surface area contributed by atoms with Gasteiger partial charge in [0.25, 0.3) is 0 Å². The number of halogens is 1. The van der Waals surface area contributed by atoms with Gasteiger partial charge in [0.1, 0.15) is 0 Å². The third-order valence-corrected chi connectivity index (χ3v) is 3.30. The molecule has 1 heterocycles. The summed E-state index contributed by atoms with van der Waals surface area (Å²) >= 11 is 5.21. The first kappa shape index (κ1) is 11.2. The molecule has 0 fully saturated rings. The maximum absolute atomic E-state index is 5.42. The largest absolute Gasteiger partial charge is 0.380 e. The predicted molar refractivity (Wildman–Crippen MR) is 60.5 cm³/mol. The first-order chi connectivity index (χ1) is 6.33. The van der Waals surface area contributed by atoms with Crippen LogP contribution in [0, 0.1) is 0 Å². The van der Waals surface area contributed by atoms with Gasteiger partial charge in [0.05, 0.1) is 17.0 Å². The molecule has 0 atom stereocenters. The van der Waals surface area contributed by atoms with Gasteiger partial charge in [-0.2, -0.15) is 0 Å². The van der Waals surface area contributed by atoms with E-state index in [4.69, 9.17) is 4.74 Å². The number of nitrogens with one attached hydrogen (secondary N) is 1. The molecule has 1 aromatic rings. The normalized spacial score (nSPS) is 10.6. The summed E-state index contributed by atoms with van der Waals surface area (Å²) in [6.45, 7) is 2.53. The molecule has 13 heavy (non-hydrogen) atoms. The molecular formula is C9H14BrNOS. The van der Waals surface area contributed by atoms with Crippen molar-refractivity contribution in [3.05, 3.63) is 20.8 Å². The Labute approximate surface area is 91.4 Å². The van der Waals surface area contributed by atoms with E-state index >= 15 is 0 Å². The van der Waals surface area contributed by atoms with Crippen molar-refractivity contribution in [1.29, 1.82) is 0 Å². The lowest BCUT2D eigenvalue weighted by atomic mass is 10.4. The minimum Gasteiger partial charge on any atom is -0.380 e. The van der Waals surface area contributed by atoms with Crippen molar-refractivity contribution in [2.24, 2.45) is 0 Å². The molecule has 0 aromatic carbocycles. The molecule has 0 bridgehead atoms. The van der Waals surface area contributed by atoms with Crippen molar-refractivity contribution in [3.63, 3.8) is 0 Å². The summed E-state index contributed by atoms with van der Waals surface area (Å²) in [5.74, 6) is 0. The second-order valence-corrected chi connectivity index (χ2v) is 5.22. The molecule has 0 aliphatic heterocycles. The van der Waals surface area contributed by atoms with Gasteiger partial charge >= 0.3 is 0 Å². The number of likely N-dealkylation sites (N-methyl/N-ethyl adjacent to an activating group) is 1. The van der Waals surface area contributed by atoms with Crippen LogP contribution in [0.4, 0.5) is 0 Å². The molecule has 1 N–H and O–H groups in total. The lowest BCUT2D eigenvalue weighted by Crippen LogP contribution is -2.14. The summed E-state index contributed by atoms with van der Waals surface area (Å²) in [4.78, 5) is 1.37. The van der Waals surface area contributed by atoms with E-state index in [2.05, 4.69) is 33.4 Å². The van der Waals surface area contributed by atoms with Gasteiger partial charge in [-0.05, 0) is 35.1 Å². The Balaban J connectivity index is 2.06. The maximum Gasteiger partial charge on any atom is 0.0701 e. The third kappa shape index (κ3) is 4.76. The molecule has 0 aliphatic rings. The molecule has 0 unspecified atom stereocenters. The first-order valence-corrected chi connectivity index (χ1v) is 5.90. The van der Waals surface area contributed by atoms with E-state index in [9.17, 15) is 0 Å². The van der Waals surface area contributed by atoms with E-state index in [0.717, 1.165) is 26.2 Å². The van der Waals surface area contributed by atoms with Gasteiger partial charge in [0, 0.05) is 17.8 Å². The zero-order chi connectivity index (χ0) is 9.52. The van der Waals surface area contributed by atoms with Gasteiger partial charge in [-0.3, -0.25) is 0 Å². The molecule has 0 aliphatic carbocycles. The predicted octanol–water partition coefficient (Wildman–Crippen LogP) is 2.29. The number of ether oxygens (including phenoxy) is 1. The van der Waals surface area contributed by atoms with Crippen LogP contribution in [-0.2, 0) is 11.2 Å². The molecule has 0 saturated heterocycles. The molecule has 0 amide bonds. The fourth-order valence-corrected chi connectivity index (χ4v) is 2.40. The zero-order valence-electron chi connectivity index (χ0n) is 7.68. The molecule has 0 radical (unpaired) electrons. The van der Waals surface area contributed by atoms with Crippen molar-refractivity contribution < 1.29 is 4.74 Å². The van der Waals surface area contributed by atoms with Crippen LogP contribution in [-0.4, -0.2) is 26.8 Å².